The van der Waals surface area contributed by atoms with E-state index in [1.165, 1.54) is 11.0 Å². The largest absolute Gasteiger partial charge is 0.486 e. The molecule has 2 aliphatic heterocycles. The van der Waals surface area contributed by atoms with Crippen molar-refractivity contribution in [2.45, 2.75) is 51.7 Å². The maximum absolute atomic E-state index is 14.0. The maximum atomic E-state index is 14.0. The molecule has 8 nitrogen and oxygen atoms in total. The third kappa shape index (κ3) is 5.20. The number of hydrogen-bond donors (Lipinski definition) is 1. The Labute approximate surface area is 219 Å². The zero-order valence-corrected chi connectivity index (χ0v) is 21.2. The summed E-state index contributed by atoms with van der Waals surface area (Å²) in [7, 11) is 0. The molecule has 38 heavy (non-hydrogen) atoms. The quantitative estimate of drug-likeness (QED) is 0.469. The number of amides is 2. The Kier molecular flexibility index (Phi) is 7.57. The van der Waals surface area contributed by atoms with Crippen LogP contribution in [0, 0.1) is 11.6 Å². The molecule has 2 amide bonds. The van der Waals surface area contributed by atoms with E-state index in [-0.39, 0.29) is 48.8 Å². The Morgan fingerprint density at radius 3 is 2.74 bits per heavy atom. The highest BCUT2D eigenvalue weighted by Crippen LogP contribution is 2.31. The number of aryl methyl sites for hydroxylation is 1. The van der Waals surface area contributed by atoms with Gasteiger partial charge < -0.3 is 19.4 Å². The van der Waals surface area contributed by atoms with Crippen LogP contribution in [0.15, 0.2) is 42.5 Å². The van der Waals surface area contributed by atoms with Crippen molar-refractivity contribution in [1.82, 2.24) is 14.9 Å². The van der Waals surface area contributed by atoms with Gasteiger partial charge in [-0.05, 0) is 49.6 Å². The van der Waals surface area contributed by atoms with E-state index in [2.05, 4.69) is 5.32 Å². The molecule has 200 valence electrons. The molecule has 1 aromatic heterocycles. The zero-order chi connectivity index (χ0) is 26.6. The minimum atomic E-state index is -1.11. The van der Waals surface area contributed by atoms with Crippen molar-refractivity contribution < 1.29 is 27.8 Å². The van der Waals surface area contributed by atoms with Gasteiger partial charge in [-0.25, -0.2) is 13.8 Å². The van der Waals surface area contributed by atoms with Crippen LogP contribution in [0.2, 0.25) is 0 Å². The maximum Gasteiger partial charge on any atom is 0.271 e. The number of carbonyl (C=O) groups is 2. The molecule has 3 aromatic rings. The van der Waals surface area contributed by atoms with Gasteiger partial charge in [-0.1, -0.05) is 25.5 Å². The fourth-order valence-electron chi connectivity index (χ4n) is 4.74. The summed E-state index contributed by atoms with van der Waals surface area (Å²) in [6.07, 6.45) is 3.53. The van der Waals surface area contributed by atoms with Crippen molar-refractivity contribution in [3.05, 3.63) is 71.2 Å². The van der Waals surface area contributed by atoms with Gasteiger partial charge in [-0.3, -0.25) is 14.5 Å². The Balaban J connectivity index is 1.42. The van der Waals surface area contributed by atoms with Crippen LogP contribution in [0.4, 0.5) is 14.6 Å². The first-order chi connectivity index (χ1) is 18.5. The van der Waals surface area contributed by atoms with Crippen molar-refractivity contribution in [3.63, 3.8) is 0 Å². The van der Waals surface area contributed by atoms with Gasteiger partial charge in [0.05, 0.1) is 6.54 Å². The number of anilines is 1. The fraction of sp³-hybridized carbons (Fsp3) is 0.393. The van der Waals surface area contributed by atoms with E-state index in [9.17, 15) is 18.4 Å². The topological polar surface area (TPSA) is 85.7 Å². The summed E-state index contributed by atoms with van der Waals surface area (Å²) in [5, 5.41) is 2.93. The lowest BCUT2D eigenvalue weighted by molar-refractivity contribution is 0.0783. The van der Waals surface area contributed by atoms with Crippen LogP contribution in [0.5, 0.6) is 11.5 Å². The van der Waals surface area contributed by atoms with E-state index in [0.29, 0.717) is 30.9 Å². The smallest absolute Gasteiger partial charge is 0.271 e. The number of ether oxygens (including phenoxy) is 2. The van der Waals surface area contributed by atoms with Crippen LogP contribution in [-0.2, 0) is 13.0 Å². The van der Waals surface area contributed by atoms with Crippen molar-refractivity contribution >= 4 is 17.6 Å². The van der Waals surface area contributed by atoms with Gasteiger partial charge in [0, 0.05) is 25.1 Å². The summed E-state index contributed by atoms with van der Waals surface area (Å²) in [4.78, 5) is 33.3. The molecule has 2 aromatic carbocycles. The molecule has 10 heteroatoms. The number of aromatic nitrogens is 2. The lowest BCUT2D eigenvalue weighted by Crippen LogP contribution is -2.42. The SMILES string of the molecule is CCCCN(C(=O)c1ccc(F)c(F)c1)c1nc2n(c1C(=O)NCC1COc3ccccc3O1)CCCC2. The van der Waals surface area contributed by atoms with Crippen LogP contribution in [0.1, 0.15) is 59.3 Å². The standard InChI is InChI=1S/C28H30F2N4O4/c1-2-3-13-34(28(36)18-11-12-20(29)21(30)15-18)26-25(33-14-7-6-10-24(33)32-26)27(35)31-16-19-17-37-22-8-4-5-9-23(22)38-19/h4-5,8-9,11-12,15,19H,2-3,6-7,10,13-14,16-17H2,1H3,(H,31,35). The molecule has 0 spiro atoms. The number of nitrogens with zero attached hydrogens (tertiary/aromatic N) is 3. The number of benzene rings is 2. The zero-order valence-electron chi connectivity index (χ0n) is 21.2. The average Bonchev–Trinajstić information content (AvgIpc) is 3.32. The Bertz CT molecular complexity index is 1340. The van der Waals surface area contributed by atoms with Crippen LogP contribution >= 0.6 is 0 Å². The molecule has 0 fully saturated rings. The van der Waals surface area contributed by atoms with Gasteiger partial charge in [-0.15, -0.1) is 0 Å². The van der Waals surface area contributed by atoms with Gasteiger partial charge in [0.15, 0.2) is 34.6 Å². The molecule has 3 heterocycles. The van der Waals surface area contributed by atoms with Gasteiger partial charge in [0.1, 0.15) is 18.5 Å². The number of nitrogens with one attached hydrogen (secondary N) is 1. The second kappa shape index (κ2) is 11.2. The van der Waals surface area contributed by atoms with Crippen molar-refractivity contribution in [1.29, 1.82) is 0 Å². The van der Waals surface area contributed by atoms with Crippen molar-refractivity contribution in [3.8, 4) is 11.5 Å². The molecule has 1 unspecified atom stereocenters. The highest BCUT2D eigenvalue weighted by Gasteiger charge is 2.32. The molecule has 0 saturated heterocycles. The normalized spacial score (nSPS) is 16.0. The molecule has 5 rings (SSSR count). The summed E-state index contributed by atoms with van der Waals surface area (Å²) in [6.45, 7) is 3.34. The molecular formula is C28H30F2N4O4. The molecular weight excluding hydrogens is 494 g/mol. The number of imidazole rings is 1. The average molecular weight is 525 g/mol. The Morgan fingerprint density at radius 2 is 1.95 bits per heavy atom. The molecule has 0 bridgehead atoms. The number of para-hydroxylation sites is 2. The van der Waals surface area contributed by atoms with E-state index in [1.54, 1.807) is 0 Å². The predicted molar refractivity (Wildman–Crippen MR) is 137 cm³/mol. The second-order valence-electron chi connectivity index (χ2n) is 9.46. The van der Waals surface area contributed by atoms with Gasteiger partial charge >= 0.3 is 0 Å². The molecule has 0 radical (unpaired) electrons. The lowest BCUT2D eigenvalue weighted by Gasteiger charge is -2.27. The van der Waals surface area contributed by atoms with E-state index in [1.807, 2.05) is 35.8 Å². The molecule has 1 atom stereocenters. The van der Waals surface area contributed by atoms with E-state index in [0.717, 1.165) is 37.2 Å². The third-order valence-corrected chi connectivity index (χ3v) is 6.74. The first kappa shape index (κ1) is 25.7. The van der Waals surface area contributed by atoms with E-state index >= 15 is 0 Å². The van der Waals surface area contributed by atoms with Crippen molar-refractivity contribution in [2.24, 2.45) is 0 Å². The summed E-state index contributed by atoms with van der Waals surface area (Å²) >= 11 is 0. The molecule has 1 N–H and O–H groups in total. The van der Waals surface area contributed by atoms with E-state index in [4.69, 9.17) is 14.5 Å². The van der Waals surface area contributed by atoms with Crippen LogP contribution in [0.3, 0.4) is 0 Å². The Hall–Kier alpha value is -3.95. The minimum Gasteiger partial charge on any atom is -0.486 e. The van der Waals surface area contributed by atoms with E-state index < -0.39 is 17.5 Å². The number of fused-ring (bicyclic) bond motifs is 2. The number of rotatable bonds is 8. The summed E-state index contributed by atoms with van der Waals surface area (Å²) < 4.78 is 41.1. The second-order valence-corrected chi connectivity index (χ2v) is 9.46. The molecule has 0 saturated carbocycles. The minimum absolute atomic E-state index is 0.0104. The number of halogens is 2. The first-order valence-electron chi connectivity index (χ1n) is 13.0. The van der Waals surface area contributed by atoms with Crippen LogP contribution in [-0.4, -0.2) is 47.2 Å². The summed E-state index contributed by atoms with van der Waals surface area (Å²) in [5.41, 5.74) is 0.271. The predicted octanol–water partition coefficient (Wildman–Crippen LogP) is 4.51. The lowest BCUT2D eigenvalue weighted by atomic mass is 10.1. The number of hydrogen-bond acceptors (Lipinski definition) is 5. The van der Waals surface area contributed by atoms with Crippen LogP contribution < -0.4 is 19.7 Å². The van der Waals surface area contributed by atoms with Crippen LogP contribution in [0.25, 0.3) is 0 Å². The van der Waals surface area contributed by atoms with Gasteiger partial charge in [0.25, 0.3) is 11.8 Å². The summed E-state index contributed by atoms with van der Waals surface area (Å²) in [5.74, 6) is -0.839. The number of unbranched alkanes of at least 4 members (excludes halogenated alkanes) is 1. The summed E-state index contributed by atoms with van der Waals surface area (Å²) in [6, 6.07) is 10.4. The van der Waals surface area contributed by atoms with Gasteiger partial charge in [-0.2, -0.15) is 0 Å². The highest BCUT2D eigenvalue weighted by atomic mass is 19.2. The van der Waals surface area contributed by atoms with Crippen molar-refractivity contribution in [2.75, 3.05) is 24.6 Å². The fourth-order valence-corrected chi connectivity index (χ4v) is 4.74. The van der Waals surface area contributed by atoms with Gasteiger partial charge in [0.2, 0.25) is 0 Å². The molecule has 0 aliphatic carbocycles. The Morgan fingerprint density at radius 1 is 1.13 bits per heavy atom. The third-order valence-electron chi connectivity index (χ3n) is 6.74. The first-order valence-corrected chi connectivity index (χ1v) is 13.0. The number of carbonyl (C=O) groups excluding carboxylic acids is 2. The molecule has 2 aliphatic rings. The monoisotopic (exact) mass is 524 g/mol. The highest BCUT2D eigenvalue weighted by molar-refractivity contribution is 6.09.